The van der Waals surface area contributed by atoms with E-state index in [2.05, 4.69) is 10.3 Å². The van der Waals surface area contributed by atoms with Crippen molar-refractivity contribution in [1.82, 2.24) is 4.98 Å². The molecule has 1 aromatic rings. The fourth-order valence-corrected chi connectivity index (χ4v) is 1.90. The summed E-state index contributed by atoms with van der Waals surface area (Å²) in [5.74, 6) is -5.28. The van der Waals surface area contributed by atoms with E-state index in [-0.39, 0.29) is 10.8 Å². The van der Waals surface area contributed by atoms with E-state index in [0.29, 0.717) is 0 Å². The fourth-order valence-electron chi connectivity index (χ4n) is 1.02. The summed E-state index contributed by atoms with van der Waals surface area (Å²) in [5, 5.41) is 12.4. The maximum absolute atomic E-state index is 12.7. The molecule has 0 amide bonds. The molecule has 108 valence electrons. The van der Waals surface area contributed by atoms with Gasteiger partial charge in [0.25, 0.3) is 0 Å². The van der Waals surface area contributed by atoms with Crippen molar-refractivity contribution in [3.63, 3.8) is 0 Å². The SMILES string of the molecule is CC(C)(C(=O)O)c1csc(NCC(F)(F)C(F)F)n1. The third-order valence-corrected chi connectivity index (χ3v) is 3.27. The van der Waals surface area contributed by atoms with Crippen molar-refractivity contribution in [2.24, 2.45) is 0 Å². The summed E-state index contributed by atoms with van der Waals surface area (Å²) in [6, 6.07) is 0. The molecule has 0 radical (unpaired) electrons. The second-order valence-electron chi connectivity index (χ2n) is 4.38. The van der Waals surface area contributed by atoms with Crippen molar-refractivity contribution in [2.45, 2.75) is 31.6 Å². The van der Waals surface area contributed by atoms with Crippen LogP contribution in [0.3, 0.4) is 0 Å². The Morgan fingerprint density at radius 1 is 1.53 bits per heavy atom. The number of halogens is 4. The van der Waals surface area contributed by atoms with Gasteiger partial charge >= 0.3 is 18.3 Å². The van der Waals surface area contributed by atoms with Crippen molar-refractivity contribution in [2.75, 3.05) is 11.9 Å². The Labute approximate surface area is 110 Å². The number of thiazole rings is 1. The Hall–Kier alpha value is -1.38. The van der Waals surface area contributed by atoms with Gasteiger partial charge in [0.15, 0.2) is 5.13 Å². The van der Waals surface area contributed by atoms with Crippen molar-refractivity contribution in [1.29, 1.82) is 0 Å². The van der Waals surface area contributed by atoms with Crippen LogP contribution in [0.1, 0.15) is 19.5 Å². The number of carbonyl (C=O) groups is 1. The summed E-state index contributed by atoms with van der Waals surface area (Å²) >= 11 is 0.882. The minimum Gasteiger partial charge on any atom is -0.481 e. The molecule has 2 N–H and O–H groups in total. The van der Waals surface area contributed by atoms with Crippen LogP contribution in [0.25, 0.3) is 0 Å². The molecule has 0 aromatic carbocycles. The summed E-state index contributed by atoms with van der Waals surface area (Å²) in [6.07, 6.45) is -3.77. The second kappa shape index (κ2) is 5.32. The summed E-state index contributed by atoms with van der Waals surface area (Å²) in [4.78, 5) is 14.8. The molecule has 0 aliphatic carbocycles. The van der Waals surface area contributed by atoms with Crippen molar-refractivity contribution < 1.29 is 27.5 Å². The average Bonchev–Trinajstić information content (AvgIpc) is 2.75. The van der Waals surface area contributed by atoms with Gasteiger partial charge in [0, 0.05) is 5.38 Å². The number of rotatable bonds is 6. The molecule has 9 heteroatoms. The second-order valence-corrected chi connectivity index (χ2v) is 5.24. The molecule has 0 aliphatic heterocycles. The Bertz CT molecular complexity index is 462. The number of hydrogen-bond donors (Lipinski definition) is 2. The Morgan fingerprint density at radius 2 is 2.11 bits per heavy atom. The minimum absolute atomic E-state index is 0.0235. The van der Waals surface area contributed by atoms with Crippen LogP contribution in [-0.4, -0.2) is 35.0 Å². The lowest BCUT2D eigenvalue weighted by atomic mass is 9.90. The average molecular weight is 300 g/mol. The van der Waals surface area contributed by atoms with Crippen LogP contribution in [0.15, 0.2) is 5.38 Å². The first-order valence-electron chi connectivity index (χ1n) is 5.16. The molecular formula is C10H12F4N2O2S. The molecular weight excluding hydrogens is 288 g/mol. The molecule has 0 fully saturated rings. The van der Waals surface area contributed by atoms with Gasteiger partial charge in [0.2, 0.25) is 0 Å². The molecule has 0 aliphatic rings. The van der Waals surface area contributed by atoms with Gasteiger partial charge in [0.05, 0.1) is 12.2 Å². The minimum atomic E-state index is -4.16. The van der Waals surface area contributed by atoms with Crippen LogP contribution in [-0.2, 0) is 10.2 Å². The standard InChI is InChI=1S/C10H12F4N2O2S/c1-9(2,7(17)18)5-3-19-8(16-5)15-4-10(13,14)6(11)12/h3,6H,4H2,1-2H3,(H,15,16)(H,17,18). The van der Waals surface area contributed by atoms with Crippen LogP contribution >= 0.6 is 11.3 Å². The summed E-state index contributed by atoms with van der Waals surface area (Å²) < 4.78 is 49.2. The first-order valence-corrected chi connectivity index (χ1v) is 6.04. The predicted molar refractivity (Wildman–Crippen MR) is 62.2 cm³/mol. The summed E-state index contributed by atoms with van der Waals surface area (Å²) in [5.41, 5.74) is -1.10. The molecule has 4 nitrogen and oxygen atoms in total. The van der Waals surface area contributed by atoms with E-state index in [9.17, 15) is 22.4 Å². The van der Waals surface area contributed by atoms with Crippen molar-refractivity contribution in [3.05, 3.63) is 11.1 Å². The molecule has 1 heterocycles. The largest absolute Gasteiger partial charge is 0.481 e. The number of nitrogens with zero attached hydrogens (tertiary/aromatic N) is 1. The topological polar surface area (TPSA) is 62.2 Å². The maximum Gasteiger partial charge on any atom is 0.324 e. The number of hydrogen-bond acceptors (Lipinski definition) is 4. The molecule has 1 rings (SSSR count). The predicted octanol–water partition coefficient (Wildman–Crippen LogP) is 2.82. The van der Waals surface area contributed by atoms with Gasteiger partial charge in [0.1, 0.15) is 5.41 Å². The van der Waals surface area contributed by atoms with Crippen LogP contribution in [0, 0.1) is 0 Å². The third kappa shape index (κ3) is 3.55. The quantitative estimate of drug-likeness (QED) is 0.793. The van der Waals surface area contributed by atoms with Gasteiger partial charge in [-0.25, -0.2) is 13.8 Å². The monoisotopic (exact) mass is 300 g/mol. The smallest absolute Gasteiger partial charge is 0.324 e. The fraction of sp³-hybridized carbons (Fsp3) is 0.600. The molecule has 0 atom stereocenters. The third-order valence-electron chi connectivity index (χ3n) is 2.47. The highest BCUT2D eigenvalue weighted by Gasteiger charge is 2.40. The zero-order valence-corrected chi connectivity index (χ0v) is 10.9. The zero-order valence-electron chi connectivity index (χ0n) is 10.1. The van der Waals surface area contributed by atoms with E-state index < -0.39 is 30.3 Å². The number of nitrogens with one attached hydrogen (secondary N) is 1. The highest BCUT2D eigenvalue weighted by atomic mass is 32.1. The molecule has 19 heavy (non-hydrogen) atoms. The number of aromatic nitrogens is 1. The normalized spacial score (nSPS) is 12.8. The van der Waals surface area contributed by atoms with E-state index in [1.807, 2.05) is 0 Å². The number of alkyl halides is 4. The van der Waals surface area contributed by atoms with E-state index in [4.69, 9.17) is 5.11 Å². The van der Waals surface area contributed by atoms with Gasteiger partial charge in [-0.3, -0.25) is 4.79 Å². The summed E-state index contributed by atoms with van der Waals surface area (Å²) in [7, 11) is 0. The first-order chi connectivity index (χ1) is 8.57. The zero-order chi connectivity index (χ0) is 14.8. The van der Waals surface area contributed by atoms with Crippen LogP contribution in [0.2, 0.25) is 0 Å². The first kappa shape index (κ1) is 15.7. The van der Waals surface area contributed by atoms with Crippen LogP contribution in [0.5, 0.6) is 0 Å². The van der Waals surface area contributed by atoms with Crippen molar-refractivity contribution in [3.8, 4) is 0 Å². The van der Waals surface area contributed by atoms with Gasteiger partial charge < -0.3 is 10.4 Å². The number of carboxylic acid groups (broad SMARTS) is 1. The molecule has 0 saturated heterocycles. The van der Waals surface area contributed by atoms with Crippen LogP contribution in [0.4, 0.5) is 22.7 Å². The Balaban J connectivity index is 2.74. The van der Waals surface area contributed by atoms with Gasteiger partial charge in [-0.2, -0.15) is 8.78 Å². The highest BCUT2D eigenvalue weighted by molar-refractivity contribution is 7.13. The molecule has 0 saturated carbocycles. The van der Waals surface area contributed by atoms with E-state index in [0.717, 1.165) is 11.3 Å². The number of carboxylic acids is 1. The molecule has 0 unspecified atom stereocenters. The Kier molecular flexibility index (Phi) is 4.39. The summed E-state index contributed by atoms with van der Waals surface area (Å²) in [6.45, 7) is 1.55. The number of anilines is 1. The van der Waals surface area contributed by atoms with Crippen molar-refractivity contribution >= 4 is 22.4 Å². The lowest BCUT2D eigenvalue weighted by molar-refractivity contribution is -0.142. The lowest BCUT2D eigenvalue weighted by Crippen LogP contribution is -2.35. The van der Waals surface area contributed by atoms with Gasteiger partial charge in [-0.1, -0.05) is 0 Å². The Morgan fingerprint density at radius 3 is 2.58 bits per heavy atom. The maximum atomic E-state index is 12.7. The lowest BCUT2D eigenvalue weighted by Gasteiger charge is -2.16. The van der Waals surface area contributed by atoms with Gasteiger partial charge in [-0.15, -0.1) is 11.3 Å². The number of aliphatic carboxylic acids is 1. The van der Waals surface area contributed by atoms with E-state index in [1.54, 1.807) is 0 Å². The molecule has 1 aromatic heterocycles. The van der Waals surface area contributed by atoms with Gasteiger partial charge in [-0.05, 0) is 13.8 Å². The van der Waals surface area contributed by atoms with Crippen LogP contribution < -0.4 is 5.32 Å². The highest BCUT2D eigenvalue weighted by Crippen LogP contribution is 2.29. The van der Waals surface area contributed by atoms with E-state index in [1.165, 1.54) is 19.2 Å². The van der Waals surface area contributed by atoms with E-state index >= 15 is 0 Å². The molecule has 0 spiro atoms. The molecule has 0 bridgehead atoms.